The van der Waals surface area contributed by atoms with Crippen LogP contribution in [0.4, 0.5) is 11.6 Å². The van der Waals surface area contributed by atoms with Gasteiger partial charge in [0.2, 0.25) is 0 Å². The van der Waals surface area contributed by atoms with Crippen LogP contribution >= 0.6 is 0 Å². The van der Waals surface area contributed by atoms with E-state index in [0.717, 1.165) is 5.56 Å². The minimum absolute atomic E-state index is 0.0117. The third-order valence-corrected chi connectivity index (χ3v) is 4.14. The number of hydrogen-bond acceptors (Lipinski definition) is 7. The first-order valence-electron chi connectivity index (χ1n) is 6.35. The third-order valence-electron chi connectivity index (χ3n) is 2.51. The SMILES string of the molecule is Cc1cc(NCCO)nc(NCCS(=O)(=O)CCO)c1. The zero-order valence-electron chi connectivity index (χ0n) is 11.5. The predicted octanol–water partition coefficient (Wildman–Crippen LogP) is -0.387. The van der Waals surface area contributed by atoms with Crippen molar-refractivity contribution in [3.8, 4) is 0 Å². The maximum atomic E-state index is 11.4. The van der Waals surface area contributed by atoms with Crippen molar-refractivity contribution in [3.63, 3.8) is 0 Å². The van der Waals surface area contributed by atoms with Crippen molar-refractivity contribution in [3.05, 3.63) is 17.7 Å². The van der Waals surface area contributed by atoms with Gasteiger partial charge in [-0.15, -0.1) is 0 Å². The largest absolute Gasteiger partial charge is 0.395 e. The highest BCUT2D eigenvalue weighted by molar-refractivity contribution is 7.91. The summed E-state index contributed by atoms with van der Waals surface area (Å²) in [4.78, 5) is 4.26. The Kier molecular flexibility index (Phi) is 6.69. The molecule has 0 aliphatic heterocycles. The van der Waals surface area contributed by atoms with E-state index in [1.165, 1.54) is 0 Å². The van der Waals surface area contributed by atoms with Crippen molar-refractivity contribution >= 4 is 21.5 Å². The van der Waals surface area contributed by atoms with Gasteiger partial charge in [-0.25, -0.2) is 13.4 Å². The molecule has 114 valence electrons. The van der Waals surface area contributed by atoms with Crippen molar-refractivity contribution in [2.45, 2.75) is 6.92 Å². The van der Waals surface area contributed by atoms with E-state index in [-0.39, 0.29) is 31.3 Å². The van der Waals surface area contributed by atoms with Gasteiger partial charge in [-0.05, 0) is 24.6 Å². The molecule has 1 rings (SSSR count). The average Bonchev–Trinajstić information content (AvgIpc) is 2.35. The van der Waals surface area contributed by atoms with Gasteiger partial charge in [-0.3, -0.25) is 0 Å². The lowest BCUT2D eigenvalue weighted by atomic mass is 10.3. The van der Waals surface area contributed by atoms with Crippen LogP contribution < -0.4 is 10.6 Å². The zero-order chi connectivity index (χ0) is 15.0. The molecule has 0 unspecified atom stereocenters. The summed E-state index contributed by atoms with van der Waals surface area (Å²) >= 11 is 0. The van der Waals surface area contributed by atoms with Gasteiger partial charge in [0.1, 0.15) is 11.6 Å². The lowest BCUT2D eigenvalue weighted by Gasteiger charge is -2.10. The number of aromatic nitrogens is 1. The second kappa shape index (κ2) is 8.03. The van der Waals surface area contributed by atoms with Crippen LogP contribution in [0, 0.1) is 6.92 Å². The average molecular weight is 303 g/mol. The second-order valence-electron chi connectivity index (χ2n) is 4.37. The lowest BCUT2D eigenvalue weighted by molar-refractivity contribution is 0.311. The highest BCUT2D eigenvalue weighted by Gasteiger charge is 2.09. The molecule has 0 saturated carbocycles. The molecule has 7 nitrogen and oxygen atoms in total. The number of aliphatic hydroxyl groups is 2. The molecule has 0 amide bonds. The van der Waals surface area contributed by atoms with Gasteiger partial charge in [-0.1, -0.05) is 0 Å². The van der Waals surface area contributed by atoms with E-state index in [9.17, 15) is 8.42 Å². The molecule has 0 bridgehead atoms. The fourth-order valence-electron chi connectivity index (χ4n) is 1.61. The number of aryl methyl sites for hydroxylation is 1. The molecule has 8 heteroatoms. The molecule has 0 fully saturated rings. The van der Waals surface area contributed by atoms with E-state index in [4.69, 9.17) is 10.2 Å². The van der Waals surface area contributed by atoms with Crippen LogP contribution in [0.5, 0.6) is 0 Å². The molecule has 0 aliphatic carbocycles. The van der Waals surface area contributed by atoms with E-state index in [1.807, 2.05) is 19.1 Å². The summed E-state index contributed by atoms with van der Waals surface area (Å²) in [5, 5.41) is 23.3. The van der Waals surface area contributed by atoms with Gasteiger partial charge >= 0.3 is 0 Å². The lowest BCUT2D eigenvalue weighted by Crippen LogP contribution is -2.20. The molecular weight excluding hydrogens is 282 g/mol. The van der Waals surface area contributed by atoms with Gasteiger partial charge in [0.15, 0.2) is 9.84 Å². The van der Waals surface area contributed by atoms with Crippen molar-refractivity contribution in [2.75, 3.05) is 48.4 Å². The number of nitrogens with one attached hydrogen (secondary N) is 2. The van der Waals surface area contributed by atoms with Crippen LogP contribution in [0.25, 0.3) is 0 Å². The molecule has 0 atom stereocenters. The van der Waals surface area contributed by atoms with Crippen molar-refractivity contribution in [2.24, 2.45) is 0 Å². The summed E-state index contributed by atoms with van der Waals surface area (Å²) < 4.78 is 22.9. The standard InChI is InChI=1S/C12H21N3O4S/c1-10-8-11(13-2-4-16)15-12(9-10)14-3-6-20(18,19)7-5-17/h8-9,16-17H,2-7H2,1H3,(H2,13,14,15). The minimum Gasteiger partial charge on any atom is -0.395 e. The first-order chi connectivity index (χ1) is 9.46. The monoisotopic (exact) mass is 303 g/mol. The van der Waals surface area contributed by atoms with E-state index >= 15 is 0 Å². The Morgan fingerprint density at radius 3 is 2.20 bits per heavy atom. The highest BCUT2D eigenvalue weighted by Crippen LogP contribution is 2.13. The summed E-state index contributed by atoms with van der Waals surface area (Å²) in [7, 11) is -3.23. The Balaban J connectivity index is 2.57. The van der Waals surface area contributed by atoms with E-state index in [2.05, 4.69) is 15.6 Å². The Morgan fingerprint density at radius 1 is 1.05 bits per heavy atom. The topological polar surface area (TPSA) is 112 Å². The van der Waals surface area contributed by atoms with Crippen molar-refractivity contribution in [1.82, 2.24) is 4.98 Å². The van der Waals surface area contributed by atoms with Crippen LogP contribution in [0.2, 0.25) is 0 Å². The molecule has 1 heterocycles. The number of anilines is 2. The summed E-state index contributed by atoms with van der Waals surface area (Å²) in [5.41, 5.74) is 0.973. The Hall–Kier alpha value is -1.38. The third kappa shape index (κ3) is 6.18. The van der Waals surface area contributed by atoms with Gasteiger partial charge in [0, 0.05) is 13.1 Å². The summed E-state index contributed by atoms with van der Waals surface area (Å²) in [5.74, 6) is 0.923. The number of hydrogen-bond donors (Lipinski definition) is 4. The number of nitrogens with zero attached hydrogens (tertiary/aromatic N) is 1. The molecule has 0 aliphatic rings. The molecule has 1 aromatic heterocycles. The summed E-state index contributed by atoms with van der Waals surface area (Å²) in [6.45, 7) is 2.19. The number of sulfone groups is 1. The first-order valence-corrected chi connectivity index (χ1v) is 8.17. The molecule has 0 saturated heterocycles. The molecule has 0 aromatic carbocycles. The zero-order valence-corrected chi connectivity index (χ0v) is 12.3. The highest BCUT2D eigenvalue weighted by atomic mass is 32.2. The van der Waals surface area contributed by atoms with Crippen LogP contribution in [-0.2, 0) is 9.84 Å². The Labute approximate surface area is 119 Å². The van der Waals surface area contributed by atoms with Crippen LogP contribution in [0.3, 0.4) is 0 Å². The van der Waals surface area contributed by atoms with Gasteiger partial charge < -0.3 is 20.8 Å². The Bertz CT molecular complexity index is 519. The summed E-state index contributed by atoms with van der Waals surface area (Å²) in [6.07, 6.45) is 0. The van der Waals surface area contributed by atoms with Gasteiger partial charge in [0.25, 0.3) is 0 Å². The maximum absolute atomic E-state index is 11.4. The molecular formula is C12H21N3O4S. The Morgan fingerprint density at radius 2 is 1.65 bits per heavy atom. The van der Waals surface area contributed by atoms with Gasteiger partial charge in [-0.2, -0.15) is 0 Å². The van der Waals surface area contributed by atoms with Crippen LogP contribution in [0.15, 0.2) is 12.1 Å². The maximum Gasteiger partial charge on any atom is 0.154 e. The first kappa shape index (κ1) is 16.7. The number of pyridine rings is 1. The number of aliphatic hydroxyl groups excluding tert-OH is 2. The fourth-order valence-corrected chi connectivity index (χ4v) is 2.50. The fraction of sp³-hybridized carbons (Fsp3) is 0.583. The number of rotatable bonds is 9. The normalized spacial score (nSPS) is 11.3. The van der Waals surface area contributed by atoms with Crippen LogP contribution in [0.1, 0.15) is 5.56 Å². The predicted molar refractivity (Wildman–Crippen MR) is 78.8 cm³/mol. The van der Waals surface area contributed by atoms with Crippen molar-refractivity contribution in [1.29, 1.82) is 0 Å². The van der Waals surface area contributed by atoms with E-state index in [1.54, 1.807) is 0 Å². The smallest absolute Gasteiger partial charge is 0.154 e. The quantitative estimate of drug-likeness (QED) is 0.492. The summed E-state index contributed by atoms with van der Waals surface area (Å²) in [6, 6.07) is 3.64. The molecule has 0 radical (unpaired) electrons. The molecule has 20 heavy (non-hydrogen) atoms. The van der Waals surface area contributed by atoms with Gasteiger partial charge in [0.05, 0.1) is 24.7 Å². The van der Waals surface area contributed by atoms with Crippen molar-refractivity contribution < 1.29 is 18.6 Å². The minimum atomic E-state index is -3.23. The molecule has 4 N–H and O–H groups in total. The molecule has 0 spiro atoms. The second-order valence-corrected chi connectivity index (χ2v) is 6.67. The van der Waals surface area contributed by atoms with Crippen LogP contribution in [-0.4, -0.2) is 61.4 Å². The molecule has 1 aromatic rings. The van der Waals surface area contributed by atoms with E-state index in [0.29, 0.717) is 18.2 Å². The van der Waals surface area contributed by atoms with E-state index < -0.39 is 9.84 Å².